The molecule has 0 spiro atoms. The summed E-state index contributed by atoms with van der Waals surface area (Å²) in [4.78, 5) is 14.5. The molecule has 0 unspecified atom stereocenters. The minimum Gasteiger partial charge on any atom is -0.471 e. The van der Waals surface area contributed by atoms with E-state index in [2.05, 4.69) is 15.3 Å². The molecule has 146 valence electrons. The number of ether oxygens (including phenoxy) is 1. The van der Waals surface area contributed by atoms with Crippen molar-refractivity contribution in [2.45, 2.75) is 31.8 Å². The SMILES string of the molecule is CN1CCC(NC(=O)c2ccn(COc3cccc(C(F)(F)F)c3)n2)CC1. The lowest BCUT2D eigenvalue weighted by atomic mass is 10.1. The van der Waals surface area contributed by atoms with Crippen molar-refractivity contribution in [3.8, 4) is 5.75 Å². The van der Waals surface area contributed by atoms with Gasteiger partial charge in [-0.2, -0.15) is 18.3 Å². The van der Waals surface area contributed by atoms with Crippen LogP contribution < -0.4 is 10.1 Å². The maximum Gasteiger partial charge on any atom is 0.416 e. The smallest absolute Gasteiger partial charge is 0.416 e. The number of piperidine rings is 1. The van der Waals surface area contributed by atoms with Gasteiger partial charge in [0, 0.05) is 12.2 Å². The van der Waals surface area contributed by atoms with Crippen molar-refractivity contribution in [2.75, 3.05) is 20.1 Å². The Kier molecular flexibility index (Phi) is 5.69. The summed E-state index contributed by atoms with van der Waals surface area (Å²) in [6.07, 6.45) is -1.09. The van der Waals surface area contributed by atoms with Crippen LogP contribution in [0.3, 0.4) is 0 Å². The Labute approximate surface area is 154 Å². The first kappa shape index (κ1) is 19.2. The predicted molar refractivity (Wildman–Crippen MR) is 92.3 cm³/mol. The lowest BCUT2D eigenvalue weighted by Crippen LogP contribution is -2.43. The summed E-state index contributed by atoms with van der Waals surface area (Å²) in [6, 6.07) is 6.30. The van der Waals surface area contributed by atoms with E-state index in [1.165, 1.54) is 16.8 Å². The van der Waals surface area contributed by atoms with Crippen molar-refractivity contribution in [3.63, 3.8) is 0 Å². The van der Waals surface area contributed by atoms with E-state index in [-0.39, 0.29) is 30.1 Å². The van der Waals surface area contributed by atoms with Gasteiger partial charge in [0.2, 0.25) is 0 Å². The van der Waals surface area contributed by atoms with Gasteiger partial charge in [-0.15, -0.1) is 0 Å². The molecule has 9 heteroatoms. The molecule has 1 amide bonds. The van der Waals surface area contributed by atoms with E-state index in [4.69, 9.17) is 4.74 Å². The highest BCUT2D eigenvalue weighted by atomic mass is 19.4. The Morgan fingerprint density at radius 2 is 2.04 bits per heavy atom. The summed E-state index contributed by atoms with van der Waals surface area (Å²) < 4.78 is 44.9. The Balaban J connectivity index is 1.54. The number of aromatic nitrogens is 2. The molecule has 2 aromatic rings. The third-order valence-corrected chi connectivity index (χ3v) is 4.45. The van der Waals surface area contributed by atoms with Crippen molar-refractivity contribution in [1.82, 2.24) is 20.0 Å². The normalized spacial score (nSPS) is 16.3. The van der Waals surface area contributed by atoms with E-state index >= 15 is 0 Å². The largest absolute Gasteiger partial charge is 0.471 e. The number of nitrogens with zero attached hydrogens (tertiary/aromatic N) is 3. The highest BCUT2D eigenvalue weighted by Gasteiger charge is 2.30. The number of likely N-dealkylation sites (tertiary alicyclic amines) is 1. The number of hydrogen-bond acceptors (Lipinski definition) is 4. The van der Waals surface area contributed by atoms with Crippen molar-refractivity contribution in [1.29, 1.82) is 0 Å². The summed E-state index contributed by atoms with van der Waals surface area (Å²) in [6.45, 7) is 1.78. The highest BCUT2D eigenvalue weighted by molar-refractivity contribution is 5.92. The van der Waals surface area contributed by atoms with E-state index in [1.54, 1.807) is 12.3 Å². The molecule has 1 saturated heterocycles. The van der Waals surface area contributed by atoms with Crippen LogP contribution in [0, 0.1) is 0 Å². The number of carbonyl (C=O) groups excluding carboxylic acids is 1. The van der Waals surface area contributed by atoms with Gasteiger partial charge in [-0.05, 0) is 57.2 Å². The molecule has 0 saturated carbocycles. The van der Waals surface area contributed by atoms with Crippen LogP contribution in [0.15, 0.2) is 36.5 Å². The van der Waals surface area contributed by atoms with Crippen LogP contribution in [0.2, 0.25) is 0 Å². The Hall–Kier alpha value is -2.55. The van der Waals surface area contributed by atoms with Gasteiger partial charge in [0.25, 0.3) is 5.91 Å². The average molecular weight is 382 g/mol. The molecule has 1 aliphatic heterocycles. The first-order valence-electron chi connectivity index (χ1n) is 8.64. The molecule has 0 radical (unpaired) electrons. The molecule has 0 bridgehead atoms. The number of alkyl halides is 3. The predicted octanol–water partition coefficient (Wildman–Crippen LogP) is 2.76. The van der Waals surface area contributed by atoms with Gasteiger partial charge in [-0.1, -0.05) is 6.07 Å². The lowest BCUT2D eigenvalue weighted by Gasteiger charge is -2.29. The number of amides is 1. The fraction of sp³-hybridized carbons (Fsp3) is 0.444. The molecule has 27 heavy (non-hydrogen) atoms. The number of nitrogens with one attached hydrogen (secondary N) is 1. The maximum atomic E-state index is 12.7. The molecule has 1 aromatic heterocycles. The second kappa shape index (κ2) is 7.99. The fourth-order valence-corrected chi connectivity index (χ4v) is 2.87. The van der Waals surface area contributed by atoms with Crippen molar-refractivity contribution < 1.29 is 22.7 Å². The molecule has 0 atom stereocenters. The zero-order chi connectivity index (χ0) is 19.4. The molecule has 3 rings (SSSR count). The van der Waals surface area contributed by atoms with Crippen LogP contribution in [0.25, 0.3) is 0 Å². The van der Waals surface area contributed by atoms with Gasteiger partial charge in [-0.3, -0.25) is 4.79 Å². The first-order valence-corrected chi connectivity index (χ1v) is 8.64. The van der Waals surface area contributed by atoms with Gasteiger partial charge in [0.15, 0.2) is 6.73 Å². The minimum atomic E-state index is -4.43. The van der Waals surface area contributed by atoms with Gasteiger partial charge in [-0.25, -0.2) is 4.68 Å². The van der Waals surface area contributed by atoms with Crippen LogP contribution >= 0.6 is 0 Å². The second-order valence-electron chi connectivity index (χ2n) is 6.59. The third-order valence-electron chi connectivity index (χ3n) is 4.45. The lowest BCUT2D eigenvalue weighted by molar-refractivity contribution is -0.137. The van der Waals surface area contributed by atoms with E-state index in [0.717, 1.165) is 38.1 Å². The Morgan fingerprint density at radius 3 is 2.74 bits per heavy atom. The quantitative estimate of drug-likeness (QED) is 0.864. The van der Waals surface area contributed by atoms with E-state index in [1.807, 2.05) is 7.05 Å². The Bertz CT molecular complexity index is 783. The summed E-state index contributed by atoms with van der Waals surface area (Å²) in [5, 5.41) is 7.08. The summed E-state index contributed by atoms with van der Waals surface area (Å²) >= 11 is 0. The van der Waals surface area contributed by atoms with Gasteiger partial charge in [0.1, 0.15) is 11.4 Å². The molecular formula is C18H21F3N4O2. The van der Waals surface area contributed by atoms with Crippen LogP contribution in [0.4, 0.5) is 13.2 Å². The monoisotopic (exact) mass is 382 g/mol. The molecule has 2 heterocycles. The summed E-state index contributed by atoms with van der Waals surface area (Å²) in [7, 11) is 2.05. The maximum absolute atomic E-state index is 12.7. The Morgan fingerprint density at radius 1 is 1.30 bits per heavy atom. The van der Waals surface area contributed by atoms with Crippen molar-refractivity contribution in [3.05, 3.63) is 47.8 Å². The summed E-state index contributed by atoms with van der Waals surface area (Å²) in [5.74, 6) is -0.181. The second-order valence-corrected chi connectivity index (χ2v) is 6.59. The minimum absolute atomic E-state index is 0.0812. The molecular weight excluding hydrogens is 361 g/mol. The van der Waals surface area contributed by atoms with Crippen LogP contribution in [-0.2, 0) is 12.9 Å². The molecule has 1 aromatic carbocycles. The fourth-order valence-electron chi connectivity index (χ4n) is 2.87. The van der Waals surface area contributed by atoms with Gasteiger partial charge >= 0.3 is 6.18 Å². The van der Waals surface area contributed by atoms with E-state index in [9.17, 15) is 18.0 Å². The van der Waals surface area contributed by atoms with E-state index < -0.39 is 11.7 Å². The number of hydrogen-bond donors (Lipinski definition) is 1. The first-order chi connectivity index (χ1) is 12.8. The third kappa shape index (κ3) is 5.22. The highest BCUT2D eigenvalue weighted by Crippen LogP contribution is 2.31. The zero-order valence-electron chi connectivity index (χ0n) is 14.9. The summed E-state index contributed by atoms with van der Waals surface area (Å²) in [5.41, 5.74) is -0.528. The number of carbonyl (C=O) groups is 1. The number of benzene rings is 1. The average Bonchev–Trinajstić information content (AvgIpc) is 3.11. The number of halogens is 3. The molecule has 1 N–H and O–H groups in total. The topological polar surface area (TPSA) is 59.4 Å². The van der Waals surface area contributed by atoms with Gasteiger partial charge < -0.3 is 15.0 Å². The van der Waals surface area contributed by atoms with Crippen LogP contribution in [0.1, 0.15) is 28.9 Å². The van der Waals surface area contributed by atoms with Crippen molar-refractivity contribution in [2.24, 2.45) is 0 Å². The van der Waals surface area contributed by atoms with Crippen LogP contribution in [-0.4, -0.2) is 46.8 Å². The van der Waals surface area contributed by atoms with Crippen LogP contribution in [0.5, 0.6) is 5.75 Å². The standard InChI is InChI=1S/C18H21F3N4O2/c1-24-8-5-14(6-9-24)22-17(26)16-7-10-25(23-16)12-27-15-4-2-3-13(11-15)18(19,20)21/h2-4,7,10-11,14H,5-6,8-9,12H2,1H3,(H,22,26). The van der Waals surface area contributed by atoms with Gasteiger partial charge in [0.05, 0.1) is 5.56 Å². The molecule has 1 fully saturated rings. The number of rotatable bonds is 5. The molecule has 0 aliphatic carbocycles. The molecule has 6 nitrogen and oxygen atoms in total. The molecule has 1 aliphatic rings. The van der Waals surface area contributed by atoms with Crippen molar-refractivity contribution >= 4 is 5.91 Å². The zero-order valence-corrected chi connectivity index (χ0v) is 14.9. The van der Waals surface area contributed by atoms with E-state index in [0.29, 0.717) is 0 Å².